The van der Waals surface area contributed by atoms with Gasteiger partial charge in [0.25, 0.3) is 5.91 Å². The van der Waals surface area contributed by atoms with Gasteiger partial charge in [0, 0.05) is 70.6 Å². The number of aromatic nitrogens is 2. The molecule has 3 N–H and O–H groups in total. The molecular weight excluding hydrogens is 490 g/mol. The third kappa shape index (κ3) is 4.30. The van der Waals surface area contributed by atoms with Crippen LogP contribution in [-0.4, -0.2) is 72.0 Å². The number of benzene rings is 2. The maximum absolute atomic E-state index is 13.4. The number of likely N-dealkylation sites (N-methyl/N-ethyl adjacent to an activating group) is 1. The van der Waals surface area contributed by atoms with E-state index in [-0.39, 0.29) is 5.91 Å². The number of fused-ring (bicyclic) bond motifs is 2. The fraction of sp³-hybridized carbons (Fsp3) is 0.292. The van der Waals surface area contributed by atoms with Gasteiger partial charge in [-0.05, 0) is 43.4 Å². The molecule has 3 heterocycles. The highest BCUT2D eigenvalue weighted by atomic mass is 79.9. The van der Waals surface area contributed by atoms with Crippen molar-refractivity contribution in [2.45, 2.75) is 0 Å². The summed E-state index contributed by atoms with van der Waals surface area (Å²) < 4.78 is 0.961. The number of nitrogens with zero attached hydrogens (tertiary/aromatic N) is 2. The monoisotopic (exact) mass is 513 g/mol. The van der Waals surface area contributed by atoms with E-state index in [0.29, 0.717) is 17.1 Å². The minimum Gasteiger partial charge on any atom is -0.353 e. The van der Waals surface area contributed by atoms with E-state index in [2.05, 4.69) is 48.1 Å². The number of amides is 1. The standard InChI is InChI=1S/C24H25BrClN5O/c1-30-8-10-31(11-9-30)7-6-27-24(32)22-18-4-2-16(25)14-20(18)29-23(22)21-13-15-12-17(26)3-5-19(15)28-21/h2-5,12-14,28-29H,6-11H2,1H3,(H,27,32). The molecule has 0 atom stereocenters. The van der Waals surface area contributed by atoms with E-state index in [1.54, 1.807) is 0 Å². The number of carbonyl (C=O) groups excluding carboxylic acids is 1. The molecule has 0 spiro atoms. The van der Waals surface area contributed by atoms with Gasteiger partial charge >= 0.3 is 0 Å². The SMILES string of the molecule is CN1CCN(CCNC(=O)c2c(-c3cc4cc(Cl)ccc4[nH]3)[nH]c3cc(Br)ccc23)CC1. The van der Waals surface area contributed by atoms with Crippen molar-refractivity contribution in [1.82, 2.24) is 25.1 Å². The molecule has 0 unspecified atom stereocenters. The number of carbonyl (C=O) groups is 1. The Labute approximate surface area is 200 Å². The summed E-state index contributed by atoms with van der Waals surface area (Å²) in [5, 5.41) is 5.74. The summed E-state index contributed by atoms with van der Waals surface area (Å²) in [6, 6.07) is 13.7. The van der Waals surface area contributed by atoms with Crippen LogP contribution in [-0.2, 0) is 0 Å². The lowest BCUT2D eigenvalue weighted by molar-refractivity contribution is 0.0943. The smallest absolute Gasteiger partial charge is 0.254 e. The Morgan fingerprint density at radius 1 is 1.06 bits per heavy atom. The van der Waals surface area contributed by atoms with E-state index in [4.69, 9.17) is 11.6 Å². The van der Waals surface area contributed by atoms with E-state index in [9.17, 15) is 4.79 Å². The molecule has 0 saturated carbocycles. The van der Waals surface area contributed by atoms with Crippen LogP contribution in [0.2, 0.25) is 5.02 Å². The number of rotatable bonds is 5. The summed E-state index contributed by atoms with van der Waals surface area (Å²) in [5.74, 6) is -0.0700. The van der Waals surface area contributed by atoms with Crippen LogP contribution in [0.1, 0.15) is 10.4 Å². The summed E-state index contributed by atoms with van der Waals surface area (Å²) in [6.45, 7) is 5.69. The number of aromatic amines is 2. The molecule has 8 heteroatoms. The lowest BCUT2D eigenvalue weighted by atomic mass is 10.1. The molecule has 5 rings (SSSR count). The van der Waals surface area contributed by atoms with E-state index >= 15 is 0 Å². The van der Waals surface area contributed by atoms with Crippen molar-refractivity contribution in [2.75, 3.05) is 46.3 Å². The van der Waals surface area contributed by atoms with Crippen LogP contribution >= 0.6 is 27.5 Å². The van der Waals surface area contributed by atoms with Crippen molar-refractivity contribution >= 4 is 55.2 Å². The predicted molar refractivity (Wildman–Crippen MR) is 135 cm³/mol. The van der Waals surface area contributed by atoms with E-state index in [1.807, 2.05) is 42.5 Å². The van der Waals surface area contributed by atoms with Crippen LogP contribution in [0, 0.1) is 0 Å². The van der Waals surface area contributed by atoms with Crippen LogP contribution < -0.4 is 5.32 Å². The molecule has 2 aromatic carbocycles. The third-order valence-electron chi connectivity index (χ3n) is 6.15. The first-order valence-corrected chi connectivity index (χ1v) is 11.9. The third-order valence-corrected chi connectivity index (χ3v) is 6.88. The first-order chi connectivity index (χ1) is 15.5. The highest BCUT2D eigenvalue weighted by Gasteiger charge is 2.21. The zero-order chi connectivity index (χ0) is 22.2. The van der Waals surface area contributed by atoms with Gasteiger partial charge in [0.2, 0.25) is 0 Å². The summed E-state index contributed by atoms with van der Waals surface area (Å²) >= 11 is 9.70. The highest BCUT2D eigenvalue weighted by Crippen LogP contribution is 2.33. The van der Waals surface area contributed by atoms with E-state index in [1.165, 1.54) is 0 Å². The number of hydrogen-bond donors (Lipinski definition) is 3. The van der Waals surface area contributed by atoms with E-state index in [0.717, 1.165) is 70.4 Å². The van der Waals surface area contributed by atoms with Gasteiger partial charge < -0.3 is 20.2 Å². The molecule has 1 aliphatic rings. The molecule has 0 bridgehead atoms. The molecule has 1 amide bonds. The number of piperazine rings is 1. The predicted octanol–water partition coefficient (Wildman–Crippen LogP) is 4.71. The van der Waals surface area contributed by atoms with Gasteiger partial charge in [0.05, 0.1) is 17.0 Å². The quantitative estimate of drug-likeness (QED) is 0.361. The molecule has 32 heavy (non-hydrogen) atoms. The Morgan fingerprint density at radius 3 is 2.69 bits per heavy atom. The molecule has 2 aromatic heterocycles. The first kappa shape index (κ1) is 21.5. The lowest BCUT2D eigenvalue weighted by Crippen LogP contribution is -2.46. The topological polar surface area (TPSA) is 67.2 Å². The molecule has 166 valence electrons. The maximum Gasteiger partial charge on any atom is 0.254 e. The van der Waals surface area contributed by atoms with Crippen molar-refractivity contribution in [1.29, 1.82) is 0 Å². The first-order valence-electron chi connectivity index (χ1n) is 10.8. The summed E-state index contributed by atoms with van der Waals surface area (Å²) in [6.07, 6.45) is 0. The second-order valence-corrected chi connectivity index (χ2v) is 9.73. The molecule has 0 radical (unpaired) electrons. The Balaban J connectivity index is 1.44. The summed E-state index contributed by atoms with van der Waals surface area (Å²) in [5.41, 5.74) is 4.19. The minimum absolute atomic E-state index is 0.0700. The average Bonchev–Trinajstić information content (AvgIpc) is 3.35. The van der Waals surface area contributed by atoms with Crippen molar-refractivity contribution in [3.05, 3.63) is 57.5 Å². The van der Waals surface area contributed by atoms with Gasteiger partial charge in [-0.1, -0.05) is 33.6 Å². The van der Waals surface area contributed by atoms with Crippen molar-refractivity contribution < 1.29 is 4.79 Å². The normalized spacial score (nSPS) is 15.6. The zero-order valence-corrected chi connectivity index (χ0v) is 20.2. The van der Waals surface area contributed by atoms with Crippen LogP contribution in [0.25, 0.3) is 33.2 Å². The number of hydrogen-bond acceptors (Lipinski definition) is 3. The van der Waals surface area contributed by atoms with Gasteiger partial charge in [-0.25, -0.2) is 0 Å². The fourth-order valence-corrected chi connectivity index (χ4v) is 4.87. The zero-order valence-electron chi connectivity index (χ0n) is 17.8. The van der Waals surface area contributed by atoms with Gasteiger partial charge in [0.15, 0.2) is 0 Å². The van der Waals surface area contributed by atoms with Crippen molar-refractivity contribution in [3.63, 3.8) is 0 Å². The Hall–Kier alpha value is -2.32. The largest absolute Gasteiger partial charge is 0.353 e. The Kier molecular flexibility index (Phi) is 5.99. The molecule has 1 saturated heterocycles. The summed E-state index contributed by atoms with van der Waals surface area (Å²) in [7, 11) is 2.15. The van der Waals surface area contributed by atoms with Crippen LogP contribution in [0.3, 0.4) is 0 Å². The highest BCUT2D eigenvalue weighted by molar-refractivity contribution is 9.10. The lowest BCUT2D eigenvalue weighted by Gasteiger charge is -2.32. The molecule has 1 fully saturated rings. The molecule has 4 aromatic rings. The van der Waals surface area contributed by atoms with Gasteiger partial charge in [-0.3, -0.25) is 9.69 Å². The molecule has 6 nitrogen and oxygen atoms in total. The van der Waals surface area contributed by atoms with E-state index < -0.39 is 0 Å². The second-order valence-electron chi connectivity index (χ2n) is 8.38. The van der Waals surface area contributed by atoms with Crippen molar-refractivity contribution in [3.8, 4) is 11.4 Å². The number of H-pyrrole nitrogens is 2. The van der Waals surface area contributed by atoms with Gasteiger partial charge in [-0.2, -0.15) is 0 Å². The number of halogens is 2. The Bertz CT molecular complexity index is 1290. The maximum atomic E-state index is 13.4. The molecule has 1 aliphatic heterocycles. The van der Waals surface area contributed by atoms with Gasteiger partial charge in [0.1, 0.15) is 0 Å². The van der Waals surface area contributed by atoms with Crippen LogP contribution in [0.4, 0.5) is 0 Å². The van der Waals surface area contributed by atoms with Gasteiger partial charge in [-0.15, -0.1) is 0 Å². The second kappa shape index (κ2) is 8.90. The fourth-order valence-electron chi connectivity index (χ4n) is 4.33. The minimum atomic E-state index is -0.0700. The molecule has 0 aliphatic carbocycles. The summed E-state index contributed by atoms with van der Waals surface area (Å²) in [4.78, 5) is 25.0. The van der Waals surface area contributed by atoms with Crippen molar-refractivity contribution in [2.24, 2.45) is 0 Å². The number of nitrogens with one attached hydrogen (secondary N) is 3. The Morgan fingerprint density at radius 2 is 1.88 bits per heavy atom. The van der Waals surface area contributed by atoms with Crippen LogP contribution in [0.15, 0.2) is 46.9 Å². The molecular formula is C24H25BrClN5O. The van der Waals surface area contributed by atoms with Crippen LogP contribution in [0.5, 0.6) is 0 Å². The average molecular weight is 515 g/mol.